The van der Waals surface area contributed by atoms with Crippen LogP contribution >= 0.6 is 0 Å². The summed E-state index contributed by atoms with van der Waals surface area (Å²) in [6.07, 6.45) is 8.66. The predicted molar refractivity (Wildman–Crippen MR) is 61.3 cm³/mol. The van der Waals surface area contributed by atoms with Gasteiger partial charge in [-0.3, -0.25) is 0 Å². The molecule has 3 nitrogen and oxygen atoms in total. The van der Waals surface area contributed by atoms with Crippen LogP contribution < -0.4 is 5.32 Å². The summed E-state index contributed by atoms with van der Waals surface area (Å²) in [6.45, 7) is 5.46. The molecule has 0 amide bonds. The van der Waals surface area contributed by atoms with Crippen LogP contribution in [0.4, 0.5) is 0 Å². The maximum absolute atomic E-state index is 4.06. The molecule has 0 radical (unpaired) electrons. The number of hydrogen-bond donors (Lipinski definition) is 1. The Labute approximate surface area is 90.6 Å². The van der Waals surface area contributed by atoms with Crippen molar-refractivity contribution in [1.29, 1.82) is 0 Å². The van der Waals surface area contributed by atoms with E-state index in [0.717, 1.165) is 18.5 Å². The first-order chi connectivity index (χ1) is 7.27. The Morgan fingerprint density at radius 3 is 2.73 bits per heavy atom. The van der Waals surface area contributed by atoms with Gasteiger partial charge in [0.15, 0.2) is 0 Å². The molecule has 1 atom stereocenters. The highest BCUT2D eigenvalue weighted by Crippen LogP contribution is 2.23. The van der Waals surface area contributed by atoms with Crippen LogP contribution in [0.25, 0.3) is 5.57 Å². The Morgan fingerprint density at radius 2 is 2.07 bits per heavy atom. The van der Waals surface area contributed by atoms with Crippen LogP contribution in [0.2, 0.25) is 0 Å². The number of aromatic nitrogens is 2. The number of nitrogens with zero attached hydrogens (tertiary/aromatic N) is 2. The molecule has 1 N–H and O–H groups in total. The largest absolute Gasteiger partial charge is 0.310 e. The third-order valence-electron chi connectivity index (χ3n) is 2.90. The van der Waals surface area contributed by atoms with Gasteiger partial charge < -0.3 is 5.32 Å². The topological polar surface area (TPSA) is 37.8 Å². The van der Waals surface area contributed by atoms with Crippen molar-refractivity contribution in [3.05, 3.63) is 30.4 Å². The Kier molecular flexibility index (Phi) is 3.11. The van der Waals surface area contributed by atoms with Crippen molar-refractivity contribution in [3.8, 4) is 0 Å². The smallest absolute Gasteiger partial charge is 0.115 e. The second-order valence-corrected chi connectivity index (χ2v) is 4.32. The molecule has 1 aliphatic rings. The van der Waals surface area contributed by atoms with Crippen molar-refractivity contribution in [2.24, 2.45) is 5.92 Å². The molecule has 1 aliphatic heterocycles. The third-order valence-corrected chi connectivity index (χ3v) is 2.90. The van der Waals surface area contributed by atoms with Gasteiger partial charge in [-0.1, -0.05) is 19.9 Å². The van der Waals surface area contributed by atoms with E-state index < -0.39 is 0 Å². The van der Waals surface area contributed by atoms with Crippen molar-refractivity contribution in [1.82, 2.24) is 15.3 Å². The normalized spacial score (nSPS) is 21.5. The minimum atomic E-state index is 0.574. The second-order valence-electron chi connectivity index (χ2n) is 4.32. The fraction of sp³-hybridized carbons (Fsp3) is 0.500. The maximum atomic E-state index is 4.06. The lowest BCUT2D eigenvalue weighted by atomic mass is 9.91. The molecular formula is C12H17N3. The lowest BCUT2D eigenvalue weighted by Crippen LogP contribution is -2.36. The van der Waals surface area contributed by atoms with Crippen molar-refractivity contribution >= 4 is 5.57 Å². The van der Waals surface area contributed by atoms with E-state index in [2.05, 4.69) is 35.2 Å². The van der Waals surface area contributed by atoms with Gasteiger partial charge in [0, 0.05) is 30.5 Å². The van der Waals surface area contributed by atoms with Gasteiger partial charge in [-0.05, 0) is 17.9 Å². The minimum absolute atomic E-state index is 0.574. The number of hydrogen-bond acceptors (Lipinski definition) is 3. The summed E-state index contributed by atoms with van der Waals surface area (Å²) in [5, 5.41) is 3.50. The first kappa shape index (κ1) is 10.3. The maximum Gasteiger partial charge on any atom is 0.115 e. The molecule has 3 heteroatoms. The number of rotatable bonds is 2. The van der Waals surface area contributed by atoms with Gasteiger partial charge in [-0.15, -0.1) is 0 Å². The van der Waals surface area contributed by atoms with E-state index >= 15 is 0 Å². The van der Waals surface area contributed by atoms with E-state index in [4.69, 9.17) is 0 Å². The van der Waals surface area contributed by atoms with Crippen molar-refractivity contribution < 1.29 is 0 Å². The van der Waals surface area contributed by atoms with Gasteiger partial charge in [0.2, 0.25) is 0 Å². The van der Waals surface area contributed by atoms with Gasteiger partial charge in [0.25, 0.3) is 0 Å². The quantitative estimate of drug-likeness (QED) is 0.797. The third kappa shape index (κ3) is 2.42. The SMILES string of the molecule is CC(C)[C@@H]1CC(c2cncnc2)=CCN1. The highest BCUT2D eigenvalue weighted by Gasteiger charge is 2.18. The van der Waals surface area contributed by atoms with Crippen molar-refractivity contribution in [2.45, 2.75) is 26.3 Å². The summed E-state index contributed by atoms with van der Waals surface area (Å²) in [4.78, 5) is 8.11. The lowest BCUT2D eigenvalue weighted by Gasteiger charge is -2.27. The van der Waals surface area contributed by atoms with Crippen LogP contribution in [0, 0.1) is 5.92 Å². The molecule has 0 bridgehead atoms. The molecule has 0 saturated carbocycles. The summed E-state index contributed by atoms with van der Waals surface area (Å²) in [5.74, 6) is 0.665. The van der Waals surface area contributed by atoms with Gasteiger partial charge in [0.05, 0.1) is 0 Å². The molecule has 0 aromatic carbocycles. The van der Waals surface area contributed by atoms with Crippen LogP contribution in [0.1, 0.15) is 25.8 Å². The Morgan fingerprint density at radius 1 is 1.33 bits per heavy atom. The van der Waals surface area contributed by atoms with Crippen LogP contribution in [-0.2, 0) is 0 Å². The summed E-state index contributed by atoms with van der Waals surface area (Å²) in [6, 6.07) is 0.574. The zero-order valence-electron chi connectivity index (χ0n) is 9.27. The van der Waals surface area contributed by atoms with E-state index in [1.807, 2.05) is 12.4 Å². The fourth-order valence-electron chi connectivity index (χ4n) is 1.90. The summed E-state index contributed by atoms with van der Waals surface area (Å²) in [7, 11) is 0. The monoisotopic (exact) mass is 203 g/mol. The van der Waals surface area contributed by atoms with Gasteiger partial charge >= 0.3 is 0 Å². The molecule has 1 aromatic rings. The highest BCUT2D eigenvalue weighted by molar-refractivity contribution is 5.65. The second kappa shape index (κ2) is 4.53. The summed E-state index contributed by atoms with van der Waals surface area (Å²) >= 11 is 0. The van der Waals surface area contributed by atoms with E-state index in [9.17, 15) is 0 Å². The summed E-state index contributed by atoms with van der Waals surface area (Å²) < 4.78 is 0. The van der Waals surface area contributed by atoms with Crippen molar-refractivity contribution in [2.75, 3.05) is 6.54 Å². The molecule has 15 heavy (non-hydrogen) atoms. The highest BCUT2D eigenvalue weighted by atomic mass is 14.9. The minimum Gasteiger partial charge on any atom is -0.310 e. The fourth-order valence-corrected chi connectivity index (χ4v) is 1.90. The molecule has 0 unspecified atom stereocenters. The zero-order chi connectivity index (χ0) is 10.7. The lowest BCUT2D eigenvalue weighted by molar-refractivity contribution is 0.412. The molecule has 80 valence electrons. The van der Waals surface area contributed by atoms with Crippen LogP contribution in [-0.4, -0.2) is 22.6 Å². The van der Waals surface area contributed by atoms with Crippen LogP contribution in [0.15, 0.2) is 24.8 Å². The van der Waals surface area contributed by atoms with E-state index in [1.165, 1.54) is 5.57 Å². The first-order valence-electron chi connectivity index (χ1n) is 5.45. The standard InChI is InChI=1S/C12H17N3/c1-9(2)12-5-10(3-4-15-12)11-6-13-8-14-7-11/h3,6-9,12,15H,4-5H2,1-2H3/t12-/m0/s1. The van der Waals surface area contributed by atoms with Gasteiger partial charge in [0.1, 0.15) is 6.33 Å². The van der Waals surface area contributed by atoms with Crippen LogP contribution in [0.3, 0.4) is 0 Å². The van der Waals surface area contributed by atoms with E-state index in [0.29, 0.717) is 12.0 Å². The van der Waals surface area contributed by atoms with Crippen molar-refractivity contribution in [3.63, 3.8) is 0 Å². The summed E-state index contributed by atoms with van der Waals surface area (Å²) in [5.41, 5.74) is 2.53. The average molecular weight is 203 g/mol. The Balaban J connectivity index is 2.14. The zero-order valence-corrected chi connectivity index (χ0v) is 9.27. The molecule has 0 saturated heterocycles. The molecule has 0 spiro atoms. The Hall–Kier alpha value is -1.22. The van der Waals surface area contributed by atoms with Crippen LogP contribution in [0.5, 0.6) is 0 Å². The molecule has 0 aliphatic carbocycles. The molecule has 2 rings (SSSR count). The molecule has 1 aromatic heterocycles. The molecular weight excluding hydrogens is 186 g/mol. The van der Waals surface area contributed by atoms with E-state index in [1.54, 1.807) is 6.33 Å². The average Bonchev–Trinajstić information content (AvgIpc) is 2.30. The predicted octanol–water partition coefficient (Wildman–Crippen LogP) is 1.88. The number of nitrogens with one attached hydrogen (secondary N) is 1. The van der Waals surface area contributed by atoms with Gasteiger partial charge in [-0.25, -0.2) is 9.97 Å². The van der Waals surface area contributed by atoms with E-state index in [-0.39, 0.29) is 0 Å². The molecule has 0 fully saturated rings. The Bertz CT molecular complexity index is 343. The first-order valence-corrected chi connectivity index (χ1v) is 5.45. The van der Waals surface area contributed by atoms with Gasteiger partial charge in [-0.2, -0.15) is 0 Å². The molecule has 2 heterocycles.